The van der Waals surface area contributed by atoms with Crippen LogP contribution in [0.4, 0.5) is 4.39 Å². The number of hydrogen-bond donors (Lipinski definition) is 1. The van der Waals surface area contributed by atoms with Gasteiger partial charge < -0.3 is 20.1 Å². The number of carbonyl (C=O) groups excluding carboxylic acids is 1. The third kappa shape index (κ3) is 4.50. The van der Waals surface area contributed by atoms with Gasteiger partial charge in [0.2, 0.25) is 0 Å². The number of piperidine rings is 1. The molecule has 0 bridgehead atoms. The van der Waals surface area contributed by atoms with E-state index in [-0.39, 0.29) is 24.4 Å². The molecule has 2 rings (SSSR count). The second kappa shape index (κ2) is 8.22. The standard InChI is InChI=1S/C16H23FN2O3/c1-21-8-9-22-11-13-10-12(2-3-15(13)17)16(20)19-6-4-14(18)5-7-19/h2-3,10,14H,4-9,11,18H2,1H3. The first-order valence-corrected chi connectivity index (χ1v) is 7.51. The Morgan fingerprint density at radius 3 is 2.77 bits per heavy atom. The zero-order valence-electron chi connectivity index (χ0n) is 12.9. The Bertz CT molecular complexity index is 502. The lowest BCUT2D eigenvalue weighted by atomic mass is 10.0. The van der Waals surface area contributed by atoms with Crippen molar-refractivity contribution in [3.05, 3.63) is 35.1 Å². The molecule has 1 aliphatic rings. The molecule has 1 saturated heterocycles. The Kier molecular flexibility index (Phi) is 6.30. The number of ether oxygens (including phenoxy) is 2. The van der Waals surface area contributed by atoms with Crippen LogP contribution in [0.15, 0.2) is 18.2 Å². The Morgan fingerprint density at radius 2 is 2.09 bits per heavy atom. The molecule has 1 amide bonds. The van der Waals surface area contributed by atoms with Crippen LogP contribution in [-0.4, -0.2) is 50.3 Å². The summed E-state index contributed by atoms with van der Waals surface area (Å²) in [6.07, 6.45) is 1.61. The molecule has 2 N–H and O–H groups in total. The van der Waals surface area contributed by atoms with Gasteiger partial charge in [-0.05, 0) is 31.0 Å². The molecule has 22 heavy (non-hydrogen) atoms. The smallest absolute Gasteiger partial charge is 0.253 e. The highest BCUT2D eigenvalue weighted by molar-refractivity contribution is 5.94. The van der Waals surface area contributed by atoms with E-state index < -0.39 is 0 Å². The van der Waals surface area contributed by atoms with Gasteiger partial charge >= 0.3 is 0 Å². The van der Waals surface area contributed by atoms with E-state index in [1.165, 1.54) is 12.1 Å². The molecule has 0 atom stereocenters. The predicted octanol–water partition coefficient (Wildman–Crippen LogP) is 1.55. The predicted molar refractivity (Wildman–Crippen MR) is 81.0 cm³/mol. The number of hydrogen-bond acceptors (Lipinski definition) is 4. The summed E-state index contributed by atoms with van der Waals surface area (Å²) in [6, 6.07) is 4.57. The quantitative estimate of drug-likeness (QED) is 0.810. The minimum Gasteiger partial charge on any atom is -0.382 e. The molecule has 1 fully saturated rings. The number of methoxy groups -OCH3 is 1. The number of rotatable bonds is 6. The summed E-state index contributed by atoms with van der Waals surface area (Å²) >= 11 is 0. The summed E-state index contributed by atoms with van der Waals surface area (Å²) in [5, 5.41) is 0. The van der Waals surface area contributed by atoms with Crippen LogP contribution in [0.5, 0.6) is 0 Å². The van der Waals surface area contributed by atoms with Crippen LogP contribution >= 0.6 is 0 Å². The fraction of sp³-hybridized carbons (Fsp3) is 0.562. The number of nitrogens with two attached hydrogens (primary N) is 1. The van der Waals surface area contributed by atoms with E-state index in [4.69, 9.17) is 15.2 Å². The van der Waals surface area contributed by atoms with Crippen molar-refractivity contribution in [3.63, 3.8) is 0 Å². The van der Waals surface area contributed by atoms with E-state index in [1.807, 2.05) is 0 Å². The Hall–Kier alpha value is -1.50. The highest BCUT2D eigenvalue weighted by atomic mass is 19.1. The summed E-state index contributed by atoms with van der Waals surface area (Å²) < 4.78 is 24.0. The van der Waals surface area contributed by atoms with Crippen molar-refractivity contribution in [2.75, 3.05) is 33.4 Å². The Morgan fingerprint density at radius 1 is 1.36 bits per heavy atom. The number of benzene rings is 1. The van der Waals surface area contributed by atoms with Crippen LogP contribution in [0.1, 0.15) is 28.8 Å². The fourth-order valence-electron chi connectivity index (χ4n) is 2.43. The monoisotopic (exact) mass is 310 g/mol. The molecular formula is C16H23FN2O3. The van der Waals surface area contributed by atoms with Gasteiger partial charge in [0.15, 0.2) is 0 Å². The lowest BCUT2D eigenvalue weighted by molar-refractivity contribution is 0.0602. The molecule has 0 saturated carbocycles. The summed E-state index contributed by atoms with van der Waals surface area (Å²) in [5.74, 6) is -0.445. The van der Waals surface area contributed by atoms with E-state index in [0.29, 0.717) is 37.4 Å². The van der Waals surface area contributed by atoms with Crippen molar-refractivity contribution in [2.45, 2.75) is 25.5 Å². The number of carbonyl (C=O) groups is 1. The minimum atomic E-state index is -0.366. The molecule has 0 aliphatic carbocycles. The third-order valence-electron chi connectivity index (χ3n) is 3.81. The first-order valence-electron chi connectivity index (χ1n) is 7.51. The van der Waals surface area contributed by atoms with E-state index in [9.17, 15) is 9.18 Å². The maximum Gasteiger partial charge on any atom is 0.253 e. The fourth-order valence-corrected chi connectivity index (χ4v) is 2.43. The average molecular weight is 310 g/mol. The minimum absolute atomic E-state index is 0.0787. The molecule has 6 heteroatoms. The molecular weight excluding hydrogens is 287 g/mol. The van der Waals surface area contributed by atoms with E-state index in [2.05, 4.69) is 0 Å². The van der Waals surface area contributed by atoms with Gasteiger partial charge in [-0.25, -0.2) is 4.39 Å². The van der Waals surface area contributed by atoms with Gasteiger partial charge in [-0.1, -0.05) is 0 Å². The summed E-state index contributed by atoms with van der Waals surface area (Å²) in [6.45, 7) is 2.27. The zero-order chi connectivity index (χ0) is 15.9. The molecule has 1 aliphatic heterocycles. The van der Waals surface area contributed by atoms with Crippen molar-refractivity contribution < 1.29 is 18.7 Å². The molecule has 122 valence electrons. The molecule has 5 nitrogen and oxygen atoms in total. The molecule has 1 heterocycles. The first kappa shape index (κ1) is 16.9. The van der Waals surface area contributed by atoms with Crippen molar-refractivity contribution >= 4 is 5.91 Å². The van der Waals surface area contributed by atoms with Crippen LogP contribution < -0.4 is 5.73 Å². The van der Waals surface area contributed by atoms with Crippen molar-refractivity contribution in [2.24, 2.45) is 5.73 Å². The molecule has 1 aromatic carbocycles. The summed E-state index contributed by atoms with van der Waals surface area (Å²) in [5.41, 5.74) is 6.72. The van der Waals surface area contributed by atoms with Gasteiger partial charge in [-0.2, -0.15) is 0 Å². The van der Waals surface area contributed by atoms with Gasteiger partial charge in [0.05, 0.1) is 19.8 Å². The van der Waals surface area contributed by atoms with Crippen molar-refractivity contribution in [1.82, 2.24) is 4.90 Å². The summed E-state index contributed by atoms with van der Waals surface area (Å²) in [7, 11) is 1.58. The molecule has 0 radical (unpaired) electrons. The maximum absolute atomic E-state index is 13.8. The molecule has 0 spiro atoms. The maximum atomic E-state index is 13.8. The summed E-state index contributed by atoms with van der Waals surface area (Å²) in [4.78, 5) is 14.2. The van der Waals surface area contributed by atoms with Crippen LogP contribution in [0.3, 0.4) is 0 Å². The number of likely N-dealkylation sites (tertiary alicyclic amines) is 1. The van der Waals surface area contributed by atoms with Gasteiger partial charge in [0.1, 0.15) is 5.82 Å². The molecule has 1 aromatic rings. The Balaban J connectivity index is 2.00. The van der Waals surface area contributed by atoms with E-state index in [1.54, 1.807) is 18.1 Å². The topological polar surface area (TPSA) is 64.8 Å². The van der Waals surface area contributed by atoms with E-state index >= 15 is 0 Å². The van der Waals surface area contributed by atoms with E-state index in [0.717, 1.165) is 12.8 Å². The highest BCUT2D eigenvalue weighted by Gasteiger charge is 2.22. The van der Waals surface area contributed by atoms with Crippen molar-refractivity contribution in [3.8, 4) is 0 Å². The Labute approximate surface area is 130 Å². The van der Waals surface area contributed by atoms with Crippen LogP contribution in [0, 0.1) is 5.82 Å². The highest BCUT2D eigenvalue weighted by Crippen LogP contribution is 2.16. The first-order chi connectivity index (χ1) is 10.6. The van der Waals surface area contributed by atoms with Crippen molar-refractivity contribution in [1.29, 1.82) is 0 Å². The van der Waals surface area contributed by atoms with Gasteiger partial charge in [-0.3, -0.25) is 4.79 Å². The average Bonchev–Trinajstić information content (AvgIpc) is 2.53. The number of halogens is 1. The number of amides is 1. The lowest BCUT2D eigenvalue weighted by Gasteiger charge is -2.30. The van der Waals surface area contributed by atoms with Gasteiger partial charge in [-0.15, -0.1) is 0 Å². The second-order valence-electron chi connectivity index (χ2n) is 5.48. The number of nitrogens with zero attached hydrogens (tertiary/aromatic N) is 1. The van der Waals surface area contributed by atoms with Crippen LogP contribution in [0.2, 0.25) is 0 Å². The normalized spacial score (nSPS) is 16.0. The lowest BCUT2D eigenvalue weighted by Crippen LogP contribution is -2.42. The molecule has 0 aromatic heterocycles. The second-order valence-corrected chi connectivity index (χ2v) is 5.48. The largest absolute Gasteiger partial charge is 0.382 e. The van der Waals surface area contributed by atoms with Gasteiger partial charge in [0.25, 0.3) is 5.91 Å². The third-order valence-corrected chi connectivity index (χ3v) is 3.81. The van der Waals surface area contributed by atoms with Gasteiger partial charge in [0, 0.05) is 37.4 Å². The molecule has 0 unspecified atom stereocenters. The zero-order valence-corrected chi connectivity index (χ0v) is 12.9. The van der Waals surface area contributed by atoms with Crippen LogP contribution in [0.25, 0.3) is 0 Å². The SMILES string of the molecule is COCCOCc1cc(C(=O)N2CCC(N)CC2)ccc1F. The van der Waals surface area contributed by atoms with Crippen LogP contribution in [-0.2, 0) is 16.1 Å².